The van der Waals surface area contributed by atoms with E-state index in [2.05, 4.69) is 24.3 Å². The summed E-state index contributed by atoms with van der Waals surface area (Å²) in [5, 5.41) is 0.196. The van der Waals surface area contributed by atoms with Crippen molar-refractivity contribution in [3.63, 3.8) is 0 Å². The first-order valence-electron chi connectivity index (χ1n) is 7.57. The largest absolute Gasteiger partial charge is 0.491 e. The minimum absolute atomic E-state index is 0.196. The van der Waals surface area contributed by atoms with Gasteiger partial charge in [-0.15, -0.1) is 11.6 Å². The number of fused-ring (bicyclic) bond motifs is 1. The molecule has 0 radical (unpaired) electrons. The van der Waals surface area contributed by atoms with Crippen LogP contribution in [0.25, 0.3) is 0 Å². The maximum atomic E-state index is 6.70. The Morgan fingerprint density at radius 3 is 2.16 bits per heavy atom. The Morgan fingerprint density at radius 2 is 1.63 bits per heavy atom. The molecule has 0 N–H and O–H groups in total. The van der Waals surface area contributed by atoms with Gasteiger partial charge < -0.3 is 4.74 Å². The van der Waals surface area contributed by atoms with Crippen LogP contribution in [0.2, 0.25) is 0 Å². The van der Waals surface area contributed by atoms with E-state index in [9.17, 15) is 0 Å². The number of hydrogen-bond acceptors (Lipinski definition) is 1. The van der Waals surface area contributed by atoms with Gasteiger partial charge in [-0.25, -0.2) is 0 Å². The number of halogens is 1. The molecule has 19 heavy (non-hydrogen) atoms. The Bertz CT molecular complexity index is 413. The Hall–Kier alpha value is -0.690. The summed E-state index contributed by atoms with van der Waals surface area (Å²) in [5.41, 5.74) is 1.26. The first-order valence-corrected chi connectivity index (χ1v) is 8.01. The highest BCUT2D eigenvalue weighted by Gasteiger charge is 2.53. The third-order valence-corrected chi connectivity index (χ3v) is 5.17. The van der Waals surface area contributed by atoms with Crippen LogP contribution >= 0.6 is 11.6 Å². The molecule has 2 heteroatoms. The van der Waals surface area contributed by atoms with Crippen molar-refractivity contribution in [3.05, 3.63) is 29.8 Å². The lowest BCUT2D eigenvalue weighted by Crippen LogP contribution is -2.05. The van der Waals surface area contributed by atoms with Gasteiger partial charge >= 0.3 is 0 Å². The minimum Gasteiger partial charge on any atom is -0.491 e. The zero-order chi connectivity index (χ0) is 13.4. The van der Waals surface area contributed by atoms with Crippen molar-refractivity contribution in [3.8, 4) is 5.75 Å². The lowest BCUT2D eigenvalue weighted by molar-refractivity contribution is 0.242. The van der Waals surface area contributed by atoms with Gasteiger partial charge in [0.2, 0.25) is 0 Å². The van der Waals surface area contributed by atoms with Crippen molar-refractivity contribution >= 4 is 11.6 Å². The second-order valence-corrected chi connectivity index (χ2v) is 6.80. The molecule has 2 aliphatic carbocycles. The van der Waals surface area contributed by atoms with E-state index >= 15 is 0 Å². The molecule has 3 rings (SSSR count). The van der Waals surface area contributed by atoms with Gasteiger partial charge in [0, 0.05) is 0 Å². The van der Waals surface area contributed by atoms with Crippen LogP contribution in [0.5, 0.6) is 5.75 Å². The Balaban J connectivity index is 1.65. The monoisotopic (exact) mass is 278 g/mol. The number of alkyl halides is 1. The summed E-state index contributed by atoms with van der Waals surface area (Å²) < 4.78 is 5.68. The van der Waals surface area contributed by atoms with E-state index in [1.54, 1.807) is 0 Å². The normalized spacial score (nSPS) is 30.8. The van der Waals surface area contributed by atoms with Crippen molar-refractivity contribution in [2.45, 2.75) is 51.0 Å². The zero-order valence-electron chi connectivity index (χ0n) is 11.8. The van der Waals surface area contributed by atoms with E-state index in [-0.39, 0.29) is 11.5 Å². The molecule has 2 fully saturated rings. The Morgan fingerprint density at radius 1 is 1.05 bits per heavy atom. The molecule has 0 amide bonds. The van der Waals surface area contributed by atoms with Crippen LogP contribution in [0, 0.1) is 17.8 Å². The van der Waals surface area contributed by atoms with Crippen LogP contribution in [0.15, 0.2) is 24.3 Å². The van der Waals surface area contributed by atoms with Crippen molar-refractivity contribution in [1.29, 1.82) is 0 Å². The van der Waals surface area contributed by atoms with E-state index in [0.717, 1.165) is 23.5 Å². The van der Waals surface area contributed by atoms with Gasteiger partial charge in [-0.3, -0.25) is 0 Å². The molecule has 2 aliphatic rings. The van der Waals surface area contributed by atoms with Gasteiger partial charge in [0.25, 0.3) is 0 Å². The number of benzene rings is 1. The molecule has 0 heterocycles. The summed E-state index contributed by atoms with van der Waals surface area (Å²) in [6.45, 7) is 4.10. The van der Waals surface area contributed by atoms with Crippen LogP contribution in [0.1, 0.15) is 50.5 Å². The maximum absolute atomic E-state index is 6.70. The lowest BCUT2D eigenvalue weighted by atomic mass is 10.0. The summed E-state index contributed by atoms with van der Waals surface area (Å²) in [6.07, 6.45) is 5.83. The summed E-state index contributed by atoms with van der Waals surface area (Å²) in [4.78, 5) is 0. The zero-order valence-corrected chi connectivity index (χ0v) is 12.6. The second-order valence-electron chi connectivity index (χ2n) is 6.33. The number of hydrogen-bond donors (Lipinski definition) is 0. The van der Waals surface area contributed by atoms with Crippen LogP contribution in [-0.2, 0) is 0 Å². The third-order valence-electron chi connectivity index (χ3n) is 4.63. The summed E-state index contributed by atoms with van der Waals surface area (Å²) in [7, 11) is 0. The molecular formula is C17H23ClO. The minimum atomic E-state index is 0.196. The van der Waals surface area contributed by atoms with Gasteiger partial charge in [0.1, 0.15) is 5.75 Å². The third kappa shape index (κ3) is 2.76. The molecule has 0 bridgehead atoms. The van der Waals surface area contributed by atoms with Crippen LogP contribution in [0.4, 0.5) is 0 Å². The smallest absolute Gasteiger partial charge is 0.119 e. The summed E-state index contributed by atoms with van der Waals surface area (Å²) in [5.74, 6) is 3.47. The van der Waals surface area contributed by atoms with E-state index in [1.807, 2.05) is 13.8 Å². The second kappa shape index (κ2) is 5.36. The topological polar surface area (TPSA) is 9.23 Å². The fourth-order valence-electron chi connectivity index (χ4n) is 3.71. The molecule has 104 valence electrons. The highest BCUT2D eigenvalue weighted by atomic mass is 35.5. The van der Waals surface area contributed by atoms with Crippen molar-refractivity contribution in [2.24, 2.45) is 17.8 Å². The highest BCUT2D eigenvalue weighted by Crippen LogP contribution is 2.62. The SMILES string of the molecule is CC(C)Oc1ccc(C(Cl)C2C3CCCCC32)cc1. The summed E-state index contributed by atoms with van der Waals surface area (Å²) in [6, 6.07) is 8.38. The van der Waals surface area contributed by atoms with Gasteiger partial charge in [0.05, 0.1) is 11.5 Å². The van der Waals surface area contributed by atoms with Crippen LogP contribution in [-0.4, -0.2) is 6.10 Å². The van der Waals surface area contributed by atoms with Gasteiger partial charge in [-0.1, -0.05) is 25.0 Å². The summed E-state index contributed by atoms with van der Waals surface area (Å²) >= 11 is 6.70. The average molecular weight is 279 g/mol. The van der Waals surface area contributed by atoms with E-state index < -0.39 is 0 Å². The predicted molar refractivity (Wildman–Crippen MR) is 79.7 cm³/mol. The van der Waals surface area contributed by atoms with Crippen LogP contribution < -0.4 is 4.74 Å². The van der Waals surface area contributed by atoms with E-state index in [4.69, 9.17) is 16.3 Å². The molecule has 1 aromatic carbocycles. The first-order chi connectivity index (χ1) is 9.16. The molecule has 0 aliphatic heterocycles. The standard InChI is InChI=1S/C17H23ClO/c1-11(2)19-13-9-7-12(8-10-13)17(18)16-14-5-3-4-6-15(14)16/h7-11,14-17H,3-6H2,1-2H3. The fraction of sp³-hybridized carbons (Fsp3) is 0.647. The molecular weight excluding hydrogens is 256 g/mol. The molecule has 2 saturated carbocycles. The quantitative estimate of drug-likeness (QED) is 0.689. The highest BCUT2D eigenvalue weighted by molar-refractivity contribution is 6.21. The molecule has 3 unspecified atom stereocenters. The maximum Gasteiger partial charge on any atom is 0.119 e. The van der Waals surface area contributed by atoms with E-state index in [1.165, 1.54) is 31.2 Å². The molecule has 0 spiro atoms. The van der Waals surface area contributed by atoms with Crippen molar-refractivity contribution < 1.29 is 4.74 Å². The van der Waals surface area contributed by atoms with E-state index in [0.29, 0.717) is 0 Å². The van der Waals surface area contributed by atoms with Gasteiger partial charge in [0.15, 0.2) is 0 Å². The lowest BCUT2D eigenvalue weighted by Gasteiger charge is -2.13. The predicted octanol–water partition coefficient (Wildman–Crippen LogP) is 5.19. The first kappa shape index (κ1) is 13.3. The molecule has 3 atom stereocenters. The molecule has 0 aromatic heterocycles. The van der Waals surface area contributed by atoms with Gasteiger partial charge in [-0.2, -0.15) is 0 Å². The molecule has 0 saturated heterocycles. The number of rotatable bonds is 4. The average Bonchev–Trinajstić information content (AvgIpc) is 3.12. The van der Waals surface area contributed by atoms with Crippen molar-refractivity contribution in [1.82, 2.24) is 0 Å². The fourth-order valence-corrected chi connectivity index (χ4v) is 4.23. The molecule has 1 aromatic rings. The Labute approximate surface area is 121 Å². The van der Waals surface area contributed by atoms with Crippen molar-refractivity contribution in [2.75, 3.05) is 0 Å². The van der Waals surface area contributed by atoms with Gasteiger partial charge in [-0.05, 0) is 62.1 Å². The number of ether oxygens (including phenoxy) is 1. The Kier molecular flexibility index (Phi) is 3.75. The van der Waals surface area contributed by atoms with Crippen LogP contribution in [0.3, 0.4) is 0 Å². The molecule has 1 nitrogen and oxygen atoms in total.